The van der Waals surface area contributed by atoms with Crippen LogP contribution in [0, 0.1) is 0 Å². The summed E-state index contributed by atoms with van der Waals surface area (Å²) in [4.78, 5) is 11.8. The third kappa shape index (κ3) is 3.72. The van der Waals surface area contributed by atoms with E-state index in [-0.39, 0.29) is 11.9 Å². The average Bonchev–Trinajstić information content (AvgIpc) is 2.37. The van der Waals surface area contributed by atoms with Crippen molar-refractivity contribution in [2.45, 2.75) is 31.8 Å². The Morgan fingerprint density at radius 2 is 2.35 bits per heavy atom. The first-order valence-electron chi connectivity index (χ1n) is 6.01. The zero-order chi connectivity index (χ0) is 12.1. The molecule has 1 aromatic rings. The van der Waals surface area contributed by atoms with E-state index in [1.54, 1.807) is 0 Å². The summed E-state index contributed by atoms with van der Waals surface area (Å²) in [6, 6.07) is 7.53. The lowest BCUT2D eigenvalue weighted by molar-refractivity contribution is -0.123. The van der Waals surface area contributed by atoms with Gasteiger partial charge in [-0.3, -0.25) is 4.79 Å². The van der Waals surface area contributed by atoms with Crippen LogP contribution in [-0.4, -0.2) is 18.5 Å². The molecule has 92 valence electrons. The molecule has 4 heteroatoms. The van der Waals surface area contributed by atoms with Crippen molar-refractivity contribution < 1.29 is 4.79 Å². The molecule has 0 aliphatic carbocycles. The highest BCUT2D eigenvalue weighted by Crippen LogP contribution is 2.11. The summed E-state index contributed by atoms with van der Waals surface area (Å²) in [5.74, 6) is 0.0877. The molecule has 0 unspecified atom stereocenters. The number of piperidine rings is 1. The van der Waals surface area contributed by atoms with Crippen LogP contribution in [0.5, 0.6) is 0 Å². The zero-order valence-corrected chi connectivity index (χ0v) is 10.5. The summed E-state index contributed by atoms with van der Waals surface area (Å²) < 4.78 is 0. The summed E-state index contributed by atoms with van der Waals surface area (Å²) in [6.45, 7) is 1.48. The van der Waals surface area contributed by atoms with Gasteiger partial charge in [0.25, 0.3) is 0 Å². The van der Waals surface area contributed by atoms with Crippen molar-refractivity contribution in [2.75, 3.05) is 6.54 Å². The summed E-state index contributed by atoms with van der Waals surface area (Å²) in [5, 5.41) is 6.87. The number of hydrogen-bond donors (Lipinski definition) is 2. The van der Waals surface area contributed by atoms with Crippen molar-refractivity contribution in [2.24, 2.45) is 0 Å². The molecule has 0 spiro atoms. The Bertz CT molecular complexity index is 389. The molecule has 17 heavy (non-hydrogen) atoms. The van der Waals surface area contributed by atoms with Crippen LogP contribution in [0.15, 0.2) is 24.3 Å². The van der Waals surface area contributed by atoms with Crippen LogP contribution in [0.1, 0.15) is 24.8 Å². The zero-order valence-electron chi connectivity index (χ0n) is 9.71. The smallest absolute Gasteiger partial charge is 0.237 e. The highest BCUT2D eigenvalue weighted by molar-refractivity contribution is 6.30. The Hall–Kier alpha value is -1.06. The predicted octanol–water partition coefficient (Wildman–Crippen LogP) is 2.10. The van der Waals surface area contributed by atoms with Gasteiger partial charge in [-0.05, 0) is 37.1 Å². The third-order valence-electron chi connectivity index (χ3n) is 2.98. The molecule has 0 radical (unpaired) electrons. The van der Waals surface area contributed by atoms with Gasteiger partial charge in [-0.1, -0.05) is 30.2 Å². The first kappa shape index (κ1) is 12.4. The SMILES string of the molecule is O=C(NCc1cccc(Cl)c1)[C@H]1CCCCN1. The molecule has 3 nitrogen and oxygen atoms in total. The molecule has 1 amide bonds. The van der Waals surface area contributed by atoms with Gasteiger partial charge in [-0.25, -0.2) is 0 Å². The molecule has 1 heterocycles. The molecular weight excluding hydrogens is 236 g/mol. The summed E-state index contributed by atoms with van der Waals surface area (Å²) in [6.07, 6.45) is 3.22. The second kappa shape index (κ2) is 6.03. The van der Waals surface area contributed by atoms with Gasteiger partial charge in [0, 0.05) is 11.6 Å². The summed E-state index contributed by atoms with van der Waals surface area (Å²) in [7, 11) is 0. The molecular formula is C13H17ClN2O. The van der Waals surface area contributed by atoms with E-state index in [1.807, 2.05) is 24.3 Å². The van der Waals surface area contributed by atoms with E-state index in [2.05, 4.69) is 10.6 Å². The van der Waals surface area contributed by atoms with Crippen LogP contribution in [0.25, 0.3) is 0 Å². The number of carbonyl (C=O) groups is 1. The van der Waals surface area contributed by atoms with E-state index in [9.17, 15) is 4.79 Å². The van der Waals surface area contributed by atoms with E-state index in [0.29, 0.717) is 11.6 Å². The normalized spacial score (nSPS) is 19.9. The maximum absolute atomic E-state index is 11.8. The van der Waals surface area contributed by atoms with Gasteiger partial charge in [0.05, 0.1) is 6.04 Å². The van der Waals surface area contributed by atoms with Gasteiger partial charge in [-0.2, -0.15) is 0 Å². The van der Waals surface area contributed by atoms with Crippen molar-refractivity contribution >= 4 is 17.5 Å². The van der Waals surface area contributed by atoms with Crippen molar-refractivity contribution in [3.05, 3.63) is 34.9 Å². The number of carbonyl (C=O) groups excluding carboxylic acids is 1. The van der Waals surface area contributed by atoms with Crippen LogP contribution in [-0.2, 0) is 11.3 Å². The maximum atomic E-state index is 11.8. The number of amides is 1. The van der Waals surface area contributed by atoms with Crippen LogP contribution in [0.3, 0.4) is 0 Å². The minimum Gasteiger partial charge on any atom is -0.351 e. The van der Waals surface area contributed by atoms with Crippen LogP contribution < -0.4 is 10.6 Å². The van der Waals surface area contributed by atoms with E-state index in [0.717, 1.165) is 31.4 Å². The number of benzene rings is 1. The highest BCUT2D eigenvalue weighted by atomic mass is 35.5. The first-order chi connectivity index (χ1) is 8.25. The molecule has 0 aromatic heterocycles. The van der Waals surface area contributed by atoms with E-state index < -0.39 is 0 Å². The number of rotatable bonds is 3. The number of hydrogen-bond acceptors (Lipinski definition) is 2. The van der Waals surface area contributed by atoms with Crippen molar-refractivity contribution in [1.29, 1.82) is 0 Å². The third-order valence-corrected chi connectivity index (χ3v) is 3.22. The van der Waals surface area contributed by atoms with Gasteiger partial charge in [-0.15, -0.1) is 0 Å². The van der Waals surface area contributed by atoms with E-state index in [4.69, 9.17) is 11.6 Å². The fourth-order valence-electron chi connectivity index (χ4n) is 2.03. The maximum Gasteiger partial charge on any atom is 0.237 e. The lowest BCUT2D eigenvalue weighted by Gasteiger charge is -2.22. The lowest BCUT2D eigenvalue weighted by atomic mass is 10.0. The van der Waals surface area contributed by atoms with Crippen molar-refractivity contribution in [3.63, 3.8) is 0 Å². The molecule has 2 N–H and O–H groups in total. The molecule has 1 atom stereocenters. The Morgan fingerprint density at radius 1 is 1.47 bits per heavy atom. The highest BCUT2D eigenvalue weighted by Gasteiger charge is 2.19. The Labute approximate surface area is 107 Å². The molecule has 2 rings (SSSR count). The number of halogens is 1. The fourth-order valence-corrected chi connectivity index (χ4v) is 2.25. The minimum absolute atomic E-state index is 0.0251. The second-order valence-corrected chi connectivity index (χ2v) is 4.79. The molecule has 1 aliphatic rings. The summed E-state index contributed by atoms with van der Waals surface area (Å²) >= 11 is 5.88. The monoisotopic (exact) mass is 252 g/mol. The van der Waals surface area contributed by atoms with Gasteiger partial charge in [0.15, 0.2) is 0 Å². The second-order valence-electron chi connectivity index (χ2n) is 4.35. The van der Waals surface area contributed by atoms with Crippen LogP contribution >= 0.6 is 11.6 Å². The van der Waals surface area contributed by atoms with Crippen molar-refractivity contribution in [3.8, 4) is 0 Å². The predicted molar refractivity (Wildman–Crippen MR) is 68.9 cm³/mol. The van der Waals surface area contributed by atoms with Crippen LogP contribution in [0.2, 0.25) is 5.02 Å². The standard InChI is InChI=1S/C13H17ClN2O/c14-11-5-3-4-10(8-11)9-16-13(17)12-6-1-2-7-15-12/h3-5,8,12,15H,1-2,6-7,9H2,(H,16,17)/t12-/m1/s1. The van der Waals surface area contributed by atoms with E-state index in [1.165, 1.54) is 0 Å². The van der Waals surface area contributed by atoms with Crippen molar-refractivity contribution in [1.82, 2.24) is 10.6 Å². The average molecular weight is 253 g/mol. The Kier molecular flexibility index (Phi) is 4.40. The fraction of sp³-hybridized carbons (Fsp3) is 0.462. The van der Waals surface area contributed by atoms with Gasteiger partial charge in [0.2, 0.25) is 5.91 Å². The molecule has 0 saturated carbocycles. The Morgan fingerprint density at radius 3 is 3.06 bits per heavy atom. The first-order valence-corrected chi connectivity index (χ1v) is 6.39. The topological polar surface area (TPSA) is 41.1 Å². The largest absolute Gasteiger partial charge is 0.351 e. The van der Waals surface area contributed by atoms with Gasteiger partial charge >= 0.3 is 0 Å². The van der Waals surface area contributed by atoms with E-state index >= 15 is 0 Å². The number of nitrogens with one attached hydrogen (secondary N) is 2. The minimum atomic E-state index is -0.0251. The molecule has 0 bridgehead atoms. The molecule has 1 aliphatic heterocycles. The Balaban J connectivity index is 1.83. The molecule has 1 saturated heterocycles. The quantitative estimate of drug-likeness (QED) is 0.865. The van der Waals surface area contributed by atoms with Crippen LogP contribution in [0.4, 0.5) is 0 Å². The van der Waals surface area contributed by atoms with Gasteiger partial charge in [0.1, 0.15) is 0 Å². The molecule has 1 fully saturated rings. The van der Waals surface area contributed by atoms with Gasteiger partial charge < -0.3 is 10.6 Å². The molecule has 1 aromatic carbocycles. The summed E-state index contributed by atoms with van der Waals surface area (Å²) in [5.41, 5.74) is 1.03. The lowest BCUT2D eigenvalue weighted by Crippen LogP contribution is -2.46.